The zero-order chi connectivity index (χ0) is 10.9. The molecule has 0 saturated heterocycles. The average Bonchev–Trinajstić information content (AvgIpc) is 2.17. The van der Waals surface area contributed by atoms with Crippen LogP contribution >= 0.6 is 27.7 Å². The van der Waals surface area contributed by atoms with E-state index < -0.39 is 0 Å². The minimum atomic E-state index is -0.265. The minimum absolute atomic E-state index is 0.265. The van der Waals surface area contributed by atoms with Crippen molar-refractivity contribution in [3.05, 3.63) is 28.5 Å². The van der Waals surface area contributed by atoms with Crippen molar-refractivity contribution in [2.75, 3.05) is 5.75 Å². The summed E-state index contributed by atoms with van der Waals surface area (Å²) >= 11 is 4.98. The van der Waals surface area contributed by atoms with E-state index in [2.05, 4.69) is 32.8 Å². The van der Waals surface area contributed by atoms with Crippen LogP contribution in [0.15, 0.2) is 27.8 Å². The molecule has 0 amide bonds. The Kier molecular flexibility index (Phi) is 3.02. The van der Waals surface area contributed by atoms with Crippen LogP contribution in [-0.4, -0.2) is 15.9 Å². The highest BCUT2D eigenvalue weighted by Gasteiger charge is 2.30. The molecule has 1 atom stereocenters. The summed E-state index contributed by atoms with van der Waals surface area (Å²) in [7, 11) is 0. The van der Waals surface area contributed by atoms with E-state index >= 15 is 0 Å². The lowest BCUT2D eigenvalue weighted by Gasteiger charge is -2.28. The molecule has 3 nitrogen and oxygen atoms in total. The van der Waals surface area contributed by atoms with Crippen molar-refractivity contribution in [3.63, 3.8) is 0 Å². The summed E-state index contributed by atoms with van der Waals surface area (Å²) in [5.41, 5.74) is 6.47. The third-order valence-electron chi connectivity index (χ3n) is 2.46. The first-order valence-corrected chi connectivity index (χ1v) is 6.49. The zero-order valence-corrected chi connectivity index (χ0v) is 10.8. The first-order chi connectivity index (χ1) is 7.10. The average molecular weight is 286 g/mol. The molecule has 1 aliphatic rings. The predicted molar refractivity (Wildman–Crippen MR) is 68.0 cm³/mol. The molecule has 2 N–H and O–H groups in total. The second-order valence-corrected chi connectivity index (χ2v) is 5.60. The molecule has 0 unspecified atom stereocenters. The van der Waals surface area contributed by atoms with Gasteiger partial charge < -0.3 is 5.73 Å². The summed E-state index contributed by atoms with van der Waals surface area (Å²) in [6, 6.07) is 5.89. The molecule has 15 heavy (non-hydrogen) atoms. The molecule has 0 radical (unpaired) electrons. The van der Waals surface area contributed by atoms with E-state index in [1.165, 1.54) is 0 Å². The Labute approximate surface area is 102 Å². The summed E-state index contributed by atoms with van der Waals surface area (Å²) in [6.45, 7) is 2.08. The van der Waals surface area contributed by atoms with Gasteiger partial charge in [0.05, 0.1) is 5.69 Å². The van der Waals surface area contributed by atoms with Gasteiger partial charge in [-0.15, -0.1) is 0 Å². The predicted octanol–water partition coefficient (Wildman–Crippen LogP) is 2.51. The summed E-state index contributed by atoms with van der Waals surface area (Å²) in [6.07, 6.45) is 0.974. The molecule has 0 spiro atoms. The molecule has 2 rings (SSSR count). The van der Waals surface area contributed by atoms with Gasteiger partial charge in [-0.2, -0.15) is 0 Å². The Balaban J connectivity index is 2.41. The summed E-state index contributed by atoms with van der Waals surface area (Å²) in [5, 5.41) is 0.658. The summed E-state index contributed by atoms with van der Waals surface area (Å²) in [5.74, 6) is 1.00. The number of hydrogen-bond donors (Lipinski definition) is 1. The number of rotatable bonds is 1. The lowest BCUT2D eigenvalue weighted by molar-refractivity contribution is 0.466. The number of nitrogens with two attached hydrogens (primary N) is 1. The number of aromatic nitrogens is 1. The SMILES string of the molecule is C[C@@]1(c2cccc(Br)n2)CCSC(N)=N1. The van der Waals surface area contributed by atoms with E-state index in [4.69, 9.17) is 5.73 Å². The number of thioether (sulfide) groups is 1. The fraction of sp³-hybridized carbons (Fsp3) is 0.400. The molecular formula is C10H12BrN3S. The smallest absolute Gasteiger partial charge is 0.154 e. The molecule has 1 aromatic heterocycles. The molecular weight excluding hydrogens is 274 g/mol. The van der Waals surface area contributed by atoms with Gasteiger partial charge in [-0.25, -0.2) is 9.98 Å². The zero-order valence-electron chi connectivity index (χ0n) is 8.40. The molecule has 1 aromatic rings. The Bertz CT molecular complexity index is 407. The highest BCUT2D eigenvalue weighted by Crippen LogP contribution is 2.34. The maximum Gasteiger partial charge on any atom is 0.154 e. The van der Waals surface area contributed by atoms with Crippen LogP contribution in [0.3, 0.4) is 0 Å². The number of halogens is 1. The van der Waals surface area contributed by atoms with E-state index in [1.807, 2.05) is 18.2 Å². The standard InChI is InChI=1S/C10H12BrN3S/c1-10(5-6-15-9(12)14-10)7-3-2-4-8(11)13-7/h2-4H,5-6H2,1H3,(H2,12,14)/t10-/m0/s1. The molecule has 0 bridgehead atoms. The molecule has 0 aliphatic carbocycles. The van der Waals surface area contributed by atoms with Crippen LogP contribution in [0, 0.1) is 0 Å². The van der Waals surface area contributed by atoms with Gasteiger partial charge >= 0.3 is 0 Å². The van der Waals surface area contributed by atoms with Gasteiger partial charge in [0.25, 0.3) is 0 Å². The topological polar surface area (TPSA) is 51.3 Å². The Morgan fingerprint density at radius 1 is 1.53 bits per heavy atom. The highest BCUT2D eigenvalue weighted by atomic mass is 79.9. The third-order valence-corrected chi connectivity index (χ3v) is 3.70. The monoisotopic (exact) mass is 285 g/mol. The van der Waals surface area contributed by atoms with Crippen LogP contribution in [0.4, 0.5) is 0 Å². The first-order valence-electron chi connectivity index (χ1n) is 4.71. The van der Waals surface area contributed by atoms with E-state index in [0.29, 0.717) is 5.17 Å². The second-order valence-electron chi connectivity index (χ2n) is 3.67. The van der Waals surface area contributed by atoms with E-state index in [-0.39, 0.29) is 5.54 Å². The van der Waals surface area contributed by atoms with Crippen molar-refractivity contribution in [2.24, 2.45) is 10.7 Å². The highest BCUT2D eigenvalue weighted by molar-refractivity contribution is 9.10. The van der Waals surface area contributed by atoms with Crippen LogP contribution in [0.2, 0.25) is 0 Å². The van der Waals surface area contributed by atoms with Crippen molar-refractivity contribution in [2.45, 2.75) is 18.9 Å². The van der Waals surface area contributed by atoms with Crippen molar-refractivity contribution >= 4 is 32.9 Å². The number of hydrogen-bond acceptors (Lipinski definition) is 4. The van der Waals surface area contributed by atoms with Crippen molar-refractivity contribution in [3.8, 4) is 0 Å². The Hall–Kier alpha value is -0.550. The van der Waals surface area contributed by atoms with Gasteiger partial charge in [0, 0.05) is 5.75 Å². The van der Waals surface area contributed by atoms with Gasteiger partial charge in [0.1, 0.15) is 10.1 Å². The van der Waals surface area contributed by atoms with Crippen LogP contribution < -0.4 is 5.73 Å². The van der Waals surface area contributed by atoms with Crippen molar-refractivity contribution in [1.29, 1.82) is 0 Å². The largest absolute Gasteiger partial charge is 0.379 e. The Morgan fingerprint density at radius 3 is 3.00 bits per heavy atom. The molecule has 1 aliphatic heterocycles. The lowest BCUT2D eigenvalue weighted by atomic mass is 9.94. The van der Waals surface area contributed by atoms with Gasteiger partial charge in [0.15, 0.2) is 5.17 Å². The van der Waals surface area contributed by atoms with Gasteiger partial charge in [-0.05, 0) is 41.4 Å². The first kappa shape index (κ1) is 11.0. The second kappa shape index (κ2) is 4.14. The number of pyridine rings is 1. The minimum Gasteiger partial charge on any atom is -0.379 e. The van der Waals surface area contributed by atoms with Crippen LogP contribution in [-0.2, 0) is 5.54 Å². The lowest BCUT2D eigenvalue weighted by Crippen LogP contribution is -2.29. The molecule has 5 heteroatoms. The molecule has 80 valence electrons. The van der Waals surface area contributed by atoms with E-state index in [0.717, 1.165) is 22.5 Å². The van der Waals surface area contributed by atoms with Gasteiger partial charge in [0.2, 0.25) is 0 Å². The maximum atomic E-state index is 5.76. The number of aliphatic imine (C=N–C) groups is 1. The normalized spacial score (nSPS) is 26.1. The summed E-state index contributed by atoms with van der Waals surface area (Å²) in [4.78, 5) is 8.95. The fourth-order valence-electron chi connectivity index (χ4n) is 1.58. The van der Waals surface area contributed by atoms with E-state index in [9.17, 15) is 0 Å². The van der Waals surface area contributed by atoms with Gasteiger partial charge in [-0.3, -0.25) is 0 Å². The quantitative estimate of drug-likeness (QED) is 0.807. The maximum absolute atomic E-state index is 5.76. The molecule has 2 heterocycles. The van der Waals surface area contributed by atoms with Crippen molar-refractivity contribution in [1.82, 2.24) is 4.98 Å². The summed E-state index contributed by atoms with van der Waals surface area (Å²) < 4.78 is 0.841. The van der Waals surface area contributed by atoms with Crippen molar-refractivity contribution < 1.29 is 0 Å². The molecule has 0 aromatic carbocycles. The molecule has 0 fully saturated rings. The number of amidine groups is 1. The Morgan fingerprint density at radius 2 is 2.33 bits per heavy atom. The number of nitrogens with zero attached hydrogens (tertiary/aromatic N) is 2. The van der Waals surface area contributed by atoms with E-state index in [1.54, 1.807) is 11.8 Å². The third kappa shape index (κ3) is 2.34. The molecule has 0 saturated carbocycles. The fourth-order valence-corrected chi connectivity index (χ4v) is 2.90. The van der Waals surface area contributed by atoms with Gasteiger partial charge in [-0.1, -0.05) is 17.8 Å². The van der Waals surface area contributed by atoms with Crippen LogP contribution in [0.1, 0.15) is 19.0 Å². The van der Waals surface area contributed by atoms with Crippen LogP contribution in [0.5, 0.6) is 0 Å². The van der Waals surface area contributed by atoms with Crippen LogP contribution in [0.25, 0.3) is 0 Å².